The van der Waals surface area contributed by atoms with Gasteiger partial charge in [-0.3, -0.25) is 4.79 Å². The van der Waals surface area contributed by atoms with E-state index in [2.05, 4.69) is 20.7 Å². The van der Waals surface area contributed by atoms with Crippen molar-refractivity contribution in [2.24, 2.45) is 0 Å². The molecule has 1 amide bonds. The van der Waals surface area contributed by atoms with Crippen LogP contribution in [0, 0.1) is 0 Å². The lowest BCUT2D eigenvalue weighted by atomic mass is 10.1. The second-order valence-electron chi connectivity index (χ2n) is 5.16. The molecule has 2 N–H and O–H groups in total. The fourth-order valence-electron chi connectivity index (χ4n) is 2.73. The van der Waals surface area contributed by atoms with Crippen molar-refractivity contribution in [1.29, 1.82) is 0 Å². The molecule has 1 fully saturated rings. The first-order valence-corrected chi connectivity index (χ1v) is 7.03. The molecule has 0 saturated carbocycles. The van der Waals surface area contributed by atoms with E-state index >= 15 is 0 Å². The van der Waals surface area contributed by atoms with Gasteiger partial charge in [0, 0.05) is 38.2 Å². The van der Waals surface area contributed by atoms with Crippen LogP contribution in [0.4, 0.5) is 0 Å². The van der Waals surface area contributed by atoms with Gasteiger partial charge in [0.25, 0.3) is 5.91 Å². The van der Waals surface area contributed by atoms with Crippen molar-refractivity contribution in [1.82, 2.24) is 20.7 Å². The van der Waals surface area contributed by atoms with Crippen LogP contribution in [0.1, 0.15) is 34.7 Å². The summed E-state index contributed by atoms with van der Waals surface area (Å²) in [5, 5.41) is 10.1. The van der Waals surface area contributed by atoms with Crippen molar-refractivity contribution in [2.45, 2.75) is 25.8 Å². The van der Waals surface area contributed by atoms with E-state index in [0.717, 1.165) is 43.9 Å². The number of fused-ring (bicyclic) bond motifs is 1. The van der Waals surface area contributed by atoms with E-state index in [0.29, 0.717) is 18.8 Å². The number of nitrogens with one attached hydrogen (secondary N) is 2. The highest BCUT2D eigenvalue weighted by Gasteiger charge is 2.23. The Labute approximate surface area is 112 Å². The van der Waals surface area contributed by atoms with Gasteiger partial charge in [0.15, 0.2) is 5.69 Å². The predicted octanol–water partition coefficient (Wildman–Crippen LogP) is 0.146. The average Bonchev–Trinajstić information content (AvgIpc) is 3.07. The van der Waals surface area contributed by atoms with Gasteiger partial charge in [-0.1, -0.05) is 5.16 Å². The molecule has 6 nitrogen and oxygen atoms in total. The van der Waals surface area contributed by atoms with Gasteiger partial charge in [0.05, 0.1) is 0 Å². The number of likely N-dealkylation sites (tertiary alicyclic amines) is 1. The Morgan fingerprint density at radius 1 is 1.42 bits per heavy atom. The molecular weight excluding hydrogens is 244 g/mol. The number of rotatable bonds is 4. The van der Waals surface area contributed by atoms with Gasteiger partial charge in [-0.05, 0) is 25.9 Å². The van der Waals surface area contributed by atoms with Crippen LogP contribution >= 0.6 is 0 Å². The second-order valence-corrected chi connectivity index (χ2v) is 5.16. The van der Waals surface area contributed by atoms with Crippen LogP contribution in [-0.4, -0.2) is 48.7 Å². The van der Waals surface area contributed by atoms with Crippen LogP contribution in [0.2, 0.25) is 0 Å². The Kier molecular flexibility index (Phi) is 3.79. The Hall–Kier alpha value is -1.40. The van der Waals surface area contributed by atoms with E-state index in [1.54, 1.807) is 0 Å². The summed E-state index contributed by atoms with van der Waals surface area (Å²) in [6.07, 6.45) is 3.36. The van der Waals surface area contributed by atoms with Gasteiger partial charge in [0.2, 0.25) is 0 Å². The molecule has 0 radical (unpaired) electrons. The molecule has 0 unspecified atom stereocenters. The molecule has 3 rings (SSSR count). The first kappa shape index (κ1) is 12.6. The first-order valence-electron chi connectivity index (χ1n) is 7.03. The number of carbonyl (C=O) groups is 1. The van der Waals surface area contributed by atoms with Crippen molar-refractivity contribution in [3.05, 3.63) is 17.0 Å². The Morgan fingerprint density at radius 2 is 2.26 bits per heavy atom. The number of hydrogen-bond acceptors (Lipinski definition) is 5. The molecule has 0 spiro atoms. The highest BCUT2D eigenvalue weighted by molar-refractivity contribution is 5.93. The maximum absolute atomic E-state index is 12.1. The normalized spacial score (nSPS) is 19.4. The van der Waals surface area contributed by atoms with E-state index in [4.69, 9.17) is 4.52 Å². The van der Waals surface area contributed by atoms with Crippen LogP contribution in [0.3, 0.4) is 0 Å². The Morgan fingerprint density at radius 3 is 3.11 bits per heavy atom. The van der Waals surface area contributed by atoms with E-state index in [-0.39, 0.29) is 5.91 Å². The summed E-state index contributed by atoms with van der Waals surface area (Å²) >= 11 is 0. The highest BCUT2D eigenvalue weighted by Crippen LogP contribution is 2.17. The van der Waals surface area contributed by atoms with Crippen molar-refractivity contribution < 1.29 is 9.32 Å². The molecule has 0 aliphatic carbocycles. The van der Waals surface area contributed by atoms with Gasteiger partial charge < -0.3 is 20.1 Å². The standard InChI is InChI=1S/C13H20N4O2/c18-13(15-5-8-17-6-1-2-7-17)12-10-9-14-4-3-11(10)19-16-12/h14H,1-9H2,(H,15,18). The van der Waals surface area contributed by atoms with Crippen LogP contribution in [0.25, 0.3) is 0 Å². The maximum Gasteiger partial charge on any atom is 0.273 e. The monoisotopic (exact) mass is 264 g/mol. The van der Waals surface area contributed by atoms with Gasteiger partial charge in [-0.15, -0.1) is 0 Å². The van der Waals surface area contributed by atoms with Crippen molar-refractivity contribution in [3.63, 3.8) is 0 Å². The number of carbonyl (C=O) groups excluding carboxylic acids is 1. The SMILES string of the molecule is O=C(NCCN1CCCC1)c1noc2c1CNCC2. The summed E-state index contributed by atoms with van der Waals surface area (Å²) in [5.74, 6) is 0.733. The van der Waals surface area contributed by atoms with Crippen molar-refractivity contribution >= 4 is 5.91 Å². The van der Waals surface area contributed by atoms with E-state index in [1.807, 2.05) is 0 Å². The smallest absolute Gasteiger partial charge is 0.273 e. The summed E-state index contributed by atoms with van der Waals surface area (Å²) in [7, 11) is 0. The van der Waals surface area contributed by atoms with Gasteiger partial charge >= 0.3 is 0 Å². The fraction of sp³-hybridized carbons (Fsp3) is 0.692. The third kappa shape index (κ3) is 2.79. The lowest BCUT2D eigenvalue weighted by Crippen LogP contribution is -2.34. The summed E-state index contributed by atoms with van der Waals surface area (Å²) in [6.45, 7) is 5.46. The summed E-state index contributed by atoms with van der Waals surface area (Å²) in [6, 6.07) is 0. The third-order valence-corrected chi connectivity index (χ3v) is 3.83. The molecule has 0 bridgehead atoms. The molecule has 104 valence electrons. The average molecular weight is 264 g/mol. The highest BCUT2D eigenvalue weighted by atomic mass is 16.5. The Bertz CT molecular complexity index is 451. The van der Waals surface area contributed by atoms with E-state index in [1.165, 1.54) is 12.8 Å². The van der Waals surface area contributed by atoms with Crippen molar-refractivity contribution in [2.75, 3.05) is 32.7 Å². The zero-order chi connectivity index (χ0) is 13.1. The minimum absolute atomic E-state index is 0.118. The number of nitrogens with zero attached hydrogens (tertiary/aromatic N) is 2. The van der Waals surface area contributed by atoms with E-state index < -0.39 is 0 Å². The van der Waals surface area contributed by atoms with Crippen LogP contribution in [-0.2, 0) is 13.0 Å². The fourth-order valence-corrected chi connectivity index (χ4v) is 2.73. The van der Waals surface area contributed by atoms with Crippen molar-refractivity contribution in [3.8, 4) is 0 Å². The zero-order valence-corrected chi connectivity index (χ0v) is 11.1. The quantitative estimate of drug-likeness (QED) is 0.810. The first-order chi connectivity index (χ1) is 9.34. The molecule has 0 aromatic carbocycles. The van der Waals surface area contributed by atoms with Gasteiger partial charge in [0.1, 0.15) is 5.76 Å². The molecule has 1 aromatic rings. The molecule has 0 atom stereocenters. The minimum atomic E-state index is -0.118. The third-order valence-electron chi connectivity index (χ3n) is 3.83. The topological polar surface area (TPSA) is 70.4 Å². The largest absolute Gasteiger partial charge is 0.360 e. The van der Waals surface area contributed by atoms with Crippen LogP contribution in [0.5, 0.6) is 0 Å². The molecule has 6 heteroatoms. The van der Waals surface area contributed by atoms with Crippen LogP contribution in [0.15, 0.2) is 4.52 Å². The van der Waals surface area contributed by atoms with Gasteiger partial charge in [-0.25, -0.2) is 0 Å². The molecular formula is C13H20N4O2. The predicted molar refractivity (Wildman–Crippen MR) is 69.9 cm³/mol. The Balaban J connectivity index is 1.53. The summed E-state index contributed by atoms with van der Waals surface area (Å²) < 4.78 is 5.23. The molecule has 2 aliphatic heterocycles. The minimum Gasteiger partial charge on any atom is -0.360 e. The zero-order valence-electron chi connectivity index (χ0n) is 11.1. The number of hydrogen-bond donors (Lipinski definition) is 2. The molecule has 2 aliphatic rings. The lowest BCUT2D eigenvalue weighted by molar-refractivity contribution is 0.0940. The maximum atomic E-state index is 12.1. The second kappa shape index (κ2) is 5.71. The molecule has 1 saturated heterocycles. The van der Waals surface area contributed by atoms with E-state index in [9.17, 15) is 4.79 Å². The van der Waals surface area contributed by atoms with Crippen LogP contribution < -0.4 is 10.6 Å². The summed E-state index contributed by atoms with van der Waals surface area (Å²) in [4.78, 5) is 14.4. The lowest BCUT2D eigenvalue weighted by Gasteiger charge is -2.15. The molecule has 3 heterocycles. The van der Waals surface area contributed by atoms with Gasteiger partial charge in [-0.2, -0.15) is 0 Å². The summed E-state index contributed by atoms with van der Waals surface area (Å²) in [5.41, 5.74) is 1.37. The molecule has 1 aromatic heterocycles. The number of aromatic nitrogens is 1. The number of amides is 1. The molecule has 19 heavy (non-hydrogen) atoms.